The van der Waals surface area contributed by atoms with E-state index >= 15 is 0 Å². The van der Waals surface area contributed by atoms with Crippen molar-refractivity contribution in [2.75, 3.05) is 0 Å². The standard InChI is InChI=1S/C20H12Cl6F3N3/c1-2-10-3-5-11(6-4-10)14-9-12(20(27,28)29)7-8-13(14)15-30-16(18(21,22)23)32-17(31-15)19(24,25)26/h3-9H,2H2,1H3. The van der Waals surface area contributed by atoms with Crippen LogP contribution in [0.2, 0.25) is 0 Å². The number of hydrogen-bond donors (Lipinski definition) is 0. The first-order valence-corrected chi connectivity index (χ1v) is 11.2. The second-order valence-corrected chi connectivity index (χ2v) is 11.2. The molecule has 170 valence electrons. The lowest BCUT2D eigenvalue weighted by atomic mass is 9.95. The molecule has 0 radical (unpaired) electrons. The van der Waals surface area contributed by atoms with Crippen LogP contribution >= 0.6 is 69.6 Å². The van der Waals surface area contributed by atoms with Gasteiger partial charge in [0.1, 0.15) is 0 Å². The number of aromatic nitrogens is 3. The van der Waals surface area contributed by atoms with Crippen molar-refractivity contribution in [1.29, 1.82) is 0 Å². The molecular formula is C20H12Cl6F3N3. The second-order valence-electron chi connectivity index (χ2n) is 6.61. The predicted octanol–water partition coefficient (Wildman–Crippen LogP) is 8.44. The maximum Gasteiger partial charge on any atom is 0.416 e. The van der Waals surface area contributed by atoms with Gasteiger partial charge in [-0.15, -0.1) is 0 Å². The molecule has 0 spiro atoms. The molecule has 0 unspecified atom stereocenters. The molecule has 0 aliphatic heterocycles. The van der Waals surface area contributed by atoms with Crippen LogP contribution in [0.3, 0.4) is 0 Å². The van der Waals surface area contributed by atoms with Gasteiger partial charge in [0, 0.05) is 5.56 Å². The lowest BCUT2D eigenvalue weighted by molar-refractivity contribution is -0.137. The molecule has 1 heterocycles. The van der Waals surface area contributed by atoms with Gasteiger partial charge < -0.3 is 0 Å². The molecule has 0 bridgehead atoms. The van der Waals surface area contributed by atoms with Crippen molar-refractivity contribution in [1.82, 2.24) is 15.0 Å². The Morgan fingerprint density at radius 2 is 1.25 bits per heavy atom. The Morgan fingerprint density at radius 1 is 0.719 bits per heavy atom. The molecule has 0 amide bonds. The van der Waals surface area contributed by atoms with Gasteiger partial charge in [0.05, 0.1) is 5.56 Å². The molecule has 0 saturated carbocycles. The van der Waals surface area contributed by atoms with Crippen molar-refractivity contribution >= 4 is 69.6 Å². The molecule has 0 atom stereocenters. The minimum atomic E-state index is -4.57. The molecule has 1 aromatic heterocycles. The Morgan fingerprint density at radius 3 is 1.69 bits per heavy atom. The average Bonchev–Trinajstić information content (AvgIpc) is 2.71. The molecule has 3 rings (SSSR count). The highest BCUT2D eigenvalue weighted by Gasteiger charge is 2.35. The molecule has 0 aliphatic carbocycles. The molecule has 0 N–H and O–H groups in total. The molecule has 3 nitrogen and oxygen atoms in total. The Kier molecular flexibility index (Phi) is 7.46. The van der Waals surface area contributed by atoms with E-state index in [2.05, 4.69) is 15.0 Å². The first kappa shape index (κ1) is 25.6. The van der Waals surface area contributed by atoms with Crippen molar-refractivity contribution in [3.63, 3.8) is 0 Å². The van der Waals surface area contributed by atoms with E-state index in [1.54, 1.807) is 12.1 Å². The van der Waals surface area contributed by atoms with Crippen molar-refractivity contribution in [3.8, 4) is 22.5 Å². The first-order valence-electron chi connectivity index (χ1n) is 8.91. The van der Waals surface area contributed by atoms with Gasteiger partial charge in [-0.3, -0.25) is 0 Å². The third kappa shape index (κ3) is 5.91. The van der Waals surface area contributed by atoms with Gasteiger partial charge in [0.15, 0.2) is 17.5 Å². The smallest absolute Gasteiger partial charge is 0.209 e. The number of hydrogen-bond acceptors (Lipinski definition) is 3. The topological polar surface area (TPSA) is 38.7 Å². The lowest BCUT2D eigenvalue weighted by Gasteiger charge is -2.18. The van der Waals surface area contributed by atoms with E-state index in [9.17, 15) is 13.2 Å². The lowest BCUT2D eigenvalue weighted by Crippen LogP contribution is -2.17. The molecule has 2 aromatic carbocycles. The van der Waals surface area contributed by atoms with E-state index < -0.39 is 19.3 Å². The minimum Gasteiger partial charge on any atom is -0.209 e. The van der Waals surface area contributed by atoms with Crippen molar-refractivity contribution in [3.05, 3.63) is 65.2 Å². The number of benzene rings is 2. The summed E-state index contributed by atoms with van der Waals surface area (Å²) in [4.78, 5) is 12.1. The first-order chi connectivity index (χ1) is 14.7. The van der Waals surface area contributed by atoms with E-state index in [4.69, 9.17) is 69.6 Å². The summed E-state index contributed by atoms with van der Waals surface area (Å²) >= 11 is 35.5. The van der Waals surface area contributed by atoms with Crippen LogP contribution in [0, 0.1) is 0 Å². The maximum absolute atomic E-state index is 13.4. The fraction of sp³-hybridized carbons (Fsp3) is 0.250. The summed E-state index contributed by atoms with van der Waals surface area (Å²) in [5, 5.41) is 0. The predicted molar refractivity (Wildman–Crippen MR) is 124 cm³/mol. The van der Waals surface area contributed by atoms with Crippen LogP contribution in [0.25, 0.3) is 22.5 Å². The summed E-state index contributed by atoms with van der Waals surface area (Å²) in [5.41, 5.74) is 1.05. The highest BCUT2D eigenvalue weighted by atomic mass is 35.6. The Balaban J connectivity index is 2.31. The van der Waals surface area contributed by atoms with E-state index in [1.165, 1.54) is 6.07 Å². The molecule has 32 heavy (non-hydrogen) atoms. The maximum atomic E-state index is 13.4. The fourth-order valence-corrected chi connectivity index (χ4v) is 3.33. The van der Waals surface area contributed by atoms with Crippen LogP contribution in [-0.4, -0.2) is 15.0 Å². The van der Waals surface area contributed by atoms with Crippen LogP contribution in [0.15, 0.2) is 42.5 Å². The Bertz CT molecular complexity index is 1090. The highest BCUT2D eigenvalue weighted by molar-refractivity contribution is 6.67. The van der Waals surface area contributed by atoms with Gasteiger partial charge in [-0.1, -0.05) is 101 Å². The van der Waals surface area contributed by atoms with Crippen molar-refractivity contribution < 1.29 is 13.2 Å². The van der Waals surface area contributed by atoms with Crippen LogP contribution < -0.4 is 0 Å². The SMILES string of the molecule is CCc1ccc(-c2cc(C(F)(F)F)ccc2-c2nc(C(Cl)(Cl)Cl)nc(C(Cl)(Cl)Cl)n2)cc1. The normalized spacial score (nSPS) is 12.8. The van der Waals surface area contributed by atoms with Crippen molar-refractivity contribution in [2.45, 2.75) is 27.1 Å². The van der Waals surface area contributed by atoms with E-state index in [0.717, 1.165) is 24.1 Å². The Hall–Kier alpha value is -1.02. The second kappa shape index (κ2) is 9.32. The van der Waals surface area contributed by atoms with Gasteiger partial charge in [-0.05, 0) is 41.3 Å². The highest BCUT2D eigenvalue weighted by Crippen LogP contribution is 2.42. The Labute approximate surface area is 211 Å². The molecule has 0 fully saturated rings. The number of halogens is 9. The van der Waals surface area contributed by atoms with Crippen LogP contribution in [0.4, 0.5) is 13.2 Å². The monoisotopic (exact) mass is 561 g/mol. The average molecular weight is 564 g/mol. The molecule has 0 aliphatic rings. The minimum absolute atomic E-state index is 0.119. The summed E-state index contributed by atoms with van der Waals surface area (Å²) in [7, 11) is 0. The van der Waals surface area contributed by atoms with Gasteiger partial charge in [0.2, 0.25) is 7.59 Å². The van der Waals surface area contributed by atoms with Crippen LogP contribution in [0.1, 0.15) is 29.7 Å². The van der Waals surface area contributed by atoms with E-state index in [-0.39, 0.29) is 28.6 Å². The summed E-state index contributed by atoms with van der Waals surface area (Å²) in [6, 6.07) is 10.1. The summed E-state index contributed by atoms with van der Waals surface area (Å²) in [6.45, 7) is 1.96. The third-order valence-electron chi connectivity index (χ3n) is 4.40. The molecule has 0 saturated heterocycles. The summed E-state index contributed by atoms with van der Waals surface area (Å²) in [6.07, 6.45) is -3.80. The van der Waals surface area contributed by atoms with E-state index in [1.807, 2.05) is 19.1 Å². The van der Waals surface area contributed by atoms with Crippen LogP contribution in [-0.2, 0) is 20.2 Å². The zero-order chi connectivity index (χ0) is 23.9. The number of nitrogens with zero attached hydrogens (tertiary/aromatic N) is 3. The van der Waals surface area contributed by atoms with Gasteiger partial charge in [-0.2, -0.15) is 13.2 Å². The molecule has 3 aromatic rings. The van der Waals surface area contributed by atoms with Crippen molar-refractivity contribution in [2.24, 2.45) is 0 Å². The van der Waals surface area contributed by atoms with Gasteiger partial charge >= 0.3 is 6.18 Å². The van der Waals surface area contributed by atoms with Gasteiger partial charge in [-0.25, -0.2) is 15.0 Å². The quantitative estimate of drug-likeness (QED) is 0.300. The number of rotatable bonds is 3. The van der Waals surface area contributed by atoms with Gasteiger partial charge in [0.25, 0.3) is 0 Å². The zero-order valence-corrected chi connectivity index (χ0v) is 20.5. The van der Waals surface area contributed by atoms with Crippen LogP contribution in [0.5, 0.6) is 0 Å². The molecule has 12 heteroatoms. The number of aryl methyl sites for hydroxylation is 1. The fourth-order valence-electron chi connectivity index (χ4n) is 2.82. The molecular weight excluding hydrogens is 552 g/mol. The van der Waals surface area contributed by atoms with E-state index in [0.29, 0.717) is 5.56 Å². The number of alkyl halides is 9. The largest absolute Gasteiger partial charge is 0.416 e. The third-order valence-corrected chi connectivity index (χ3v) is 5.42. The summed E-state index contributed by atoms with van der Waals surface area (Å²) < 4.78 is 36.1. The zero-order valence-electron chi connectivity index (χ0n) is 16.0. The summed E-state index contributed by atoms with van der Waals surface area (Å²) in [5.74, 6) is -0.812.